The summed E-state index contributed by atoms with van der Waals surface area (Å²) in [5.74, 6) is 0.109. The molecule has 0 saturated carbocycles. The largest absolute Gasteiger partial charge is 0.379 e. The fourth-order valence-corrected chi connectivity index (χ4v) is 1.73. The number of carbonyl (C=O) groups is 2. The van der Waals surface area contributed by atoms with E-state index in [0.717, 1.165) is 5.56 Å². The smallest absolute Gasteiger partial charge is 0.251 e. The summed E-state index contributed by atoms with van der Waals surface area (Å²) in [6, 6.07) is 7.42. The Bertz CT molecular complexity index is 456. The van der Waals surface area contributed by atoms with Crippen molar-refractivity contribution in [2.24, 2.45) is 0 Å². The first-order valence-electron chi connectivity index (χ1n) is 7.65. The Morgan fingerprint density at radius 3 is 2.27 bits per heavy atom. The number of ether oxygens (including phenoxy) is 2. The highest BCUT2D eigenvalue weighted by Crippen LogP contribution is 2.02. The number of aryl methyl sites for hydroxylation is 1. The van der Waals surface area contributed by atoms with Gasteiger partial charge in [-0.2, -0.15) is 0 Å². The van der Waals surface area contributed by atoms with Crippen molar-refractivity contribution < 1.29 is 19.1 Å². The molecular formula is C17H25NO4. The highest BCUT2D eigenvalue weighted by atomic mass is 16.5. The molecule has 1 aromatic rings. The minimum atomic E-state index is -0.0991. The first-order valence-corrected chi connectivity index (χ1v) is 7.65. The first kappa shape index (κ1) is 18.3. The molecule has 0 fully saturated rings. The third-order valence-corrected chi connectivity index (χ3v) is 3.14. The maximum atomic E-state index is 11.8. The summed E-state index contributed by atoms with van der Waals surface area (Å²) in [6.07, 6.45) is 1.02. The molecule has 1 amide bonds. The second-order valence-corrected chi connectivity index (χ2v) is 4.99. The normalized spacial score (nSPS) is 10.5. The van der Waals surface area contributed by atoms with Gasteiger partial charge in [-0.1, -0.05) is 24.6 Å². The third kappa shape index (κ3) is 7.90. The number of benzene rings is 1. The summed E-state index contributed by atoms with van der Waals surface area (Å²) < 4.78 is 10.6. The molecule has 1 rings (SSSR count). The Hall–Kier alpha value is -1.72. The van der Waals surface area contributed by atoms with Crippen LogP contribution in [0.4, 0.5) is 0 Å². The summed E-state index contributed by atoms with van der Waals surface area (Å²) >= 11 is 0. The van der Waals surface area contributed by atoms with E-state index in [2.05, 4.69) is 5.32 Å². The zero-order valence-electron chi connectivity index (χ0n) is 13.4. The number of rotatable bonds is 11. The van der Waals surface area contributed by atoms with Gasteiger partial charge >= 0.3 is 0 Å². The molecule has 0 aliphatic rings. The lowest BCUT2D eigenvalue weighted by atomic mass is 10.1. The fraction of sp³-hybridized carbons (Fsp3) is 0.529. The molecule has 0 radical (unpaired) electrons. The molecule has 0 aliphatic heterocycles. The number of hydrogen-bond acceptors (Lipinski definition) is 4. The number of nitrogens with one attached hydrogen (secondary N) is 1. The van der Waals surface area contributed by atoms with E-state index in [1.165, 1.54) is 0 Å². The fourth-order valence-electron chi connectivity index (χ4n) is 1.73. The quantitative estimate of drug-likeness (QED) is 0.636. The van der Waals surface area contributed by atoms with Crippen LogP contribution < -0.4 is 5.32 Å². The van der Waals surface area contributed by atoms with Gasteiger partial charge in [0.15, 0.2) is 0 Å². The topological polar surface area (TPSA) is 64.6 Å². The maximum absolute atomic E-state index is 11.8. The van der Waals surface area contributed by atoms with E-state index in [4.69, 9.17) is 9.47 Å². The molecule has 1 N–H and O–H groups in total. The van der Waals surface area contributed by atoms with Crippen molar-refractivity contribution in [3.05, 3.63) is 35.4 Å². The lowest BCUT2D eigenvalue weighted by molar-refractivity contribution is -0.119. The molecule has 0 spiro atoms. The van der Waals surface area contributed by atoms with Crippen LogP contribution in [0, 0.1) is 6.92 Å². The minimum Gasteiger partial charge on any atom is -0.379 e. The van der Waals surface area contributed by atoms with E-state index in [1.54, 1.807) is 12.1 Å². The predicted octanol–water partition coefficient (Wildman–Crippen LogP) is 2.13. The summed E-state index contributed by atoms with van der Waals surface area (Å²) in [5, 5.41) is 2.79. The standard InChI is InChI=1S/C17H25NO4/c1-3-16(19)8-10-21-12-13-22-11-9-18-17(20)15-6-4-14(2)5-7-15/h4-7H,3,8-13H2,1-2H3,(H,18,20). The van der Waals surface area contributed by atoms with Gasteiger partial charge in [-0.05, 0) is 19.1 Å². The Morgan fingerprint density at radius 1 is 1.00 bits per heavy atom. The SMILES string of the molecule is CCC(=O)CCOCCOCCNC(=O)c1ccc(C)cc1. The molecule has 5 nitrogen and oxygen atoms in total. The Balaban J connectivity index is 1.98. The summed E-state index contributed by atoms with van der Waals surface area (Å²) in [6.45, 7) is 6.09. The summed E-state index contributed by atoms with van der Waals surface area (Å²) in [7, 11) is 0. The van der Waals surface area contributed by atoms with Crippen molar-refractivity contribution >= 4 is 11.7 Å². The van der Waals surface area contributed by atoms with Crippen molar-refractivity contribution in [2.45, 2.75) is 26.7 Å². The Kier molecular flexibility index (Phi) is 9.11. The van der Waals surface area contributed by atoms with Gasteiger partial charge in [-0.15, -0.1) is 0 Å². The molecule has 0 heterocycles. The first-order chi connectivity index (χ1) is 10.6. The number of hydrogen-bond donors (Lipinski definition) is 1. The molecule has 0 saturated heterocycles. The number of ketones is 1. The highest BCUT2D eigenvalue weighted by molar-refractivity contribution is 5.94. The van der Waals surface area contributed by atoms with Crippen LogP contribution in [-0.4, -0.2) is 44.7 Å². The number of amides is 1. The van der Waals surface area contributed by atoms with Gasteiger partial charge in [0.25, 0.3) is 5.91 Å². The van der Waals surface area contributed by atoms with E-state index < -0.39 is 0 Å². The molecule has 5 heteroatoms. The monoisotopic (exact) mass is 307 g/mol. The molecule has 0 aliphatic carbocycles. The molecule has 0 unspecified atom stereocenters. The number of carbonyl (C=O) groups excluding carboxylic acids is 2. The van der Waals surface area contributed by atoms with Crippen LogP contribution in [0.25, 0.3) is 0 Å². The van der Waals surface area contributed by atoms with Crippen molar-refractivity contribution in [2.75, 3.05) is 33.0 Å². The van der Waals surface area contributed by atoms with Crippen LogP contribution in [0.1, 0.15) is 35.7 Å². The molecule has 0 bridgehead atoms. The van der Waals surface area contributed by atoms with Crippen LogP contribution in [0.2, 0.25) is 0 Å². The lowest BCUT2D eigenvalue weighted by Crippen LogP contribution is -2.27. The minimum absolute atomic E-state index is 0.0991. The van der Waals surface area contributed by atoms with Crippen LogP contribution in [0.5, 0.6) is 0 Å². The van der Waals surface area contributed by atoms with Crippen molar-refractivity contribution in [3.8, 4) is 0 Å². The van der Waals surface area contributed by atoms with Gasteiger partial charge in [0.05, 0.1) is 26.4 Å². The molecular weight excluding hydrogens is 282 g/mol. The van der Waals surface area contributed by atoms with Crippen molar-refractivity contribution in [3.63, 3.8) is 0 Å². The Morgan fingerprint density at radius 2 is 1.64 bits per heavy atom. The van der Waals surface area contributed by atoms with Crippen LogP contribution in [0.15, 0.2) is 24.3 Å². The molecule has 22 heavy (non-hydrogen) atoms. The average molecular weight is 307 g/mol. The van der Waals surface area contributed by atoms with E-state index >= 15 is 0 Å². The number of Topliss-reactive ketones (excluding diaryl/α,β-unsaturated/α-hetero) is 1. The predicted molar refractivity (Wildman–Crippen MR) is 85.1 cm³/mol. The zero-order chi connectivity index (χ0) is 16.2. The second-order valence-electron chi connectivity index (χ2n) is 4.99. The van der Waals surface area contributed by atoms with Gasteiger partial charge in [0.1, 0.15) is 5.78 Å². The Labute approximate surface area is 132 Å². The maximum Gasteiger partial charge on any atom is 0.251 e. The van der Waals surface area contributed by atoms with E-state index in [9.17, 15) is 9.59 Å². The lowest BCUT2D eigenvalue weighted by Gasteiger charge is -2.07. The third-order valence-electron chi connectivity index (χ3n) is 3.14. The van der Waals surface area contributed by atoms with Gasteiger partial charge in [-0.3, -0.25) is 9.59 Å². The molecule has 122 valence electrons. The van der Waals surface area contributed by atoms with Gasteiger partial charge in [0, 0.05) is 24.9 Å². The van der Waals surface area contributed by atoms with Crippen molar-refractivity contribution in [1.82, 2.24) is 5.32 Å². The molecule has 0 aromatic heterocycles. The van der Waals surface area contributed by atoms with Crippen molar-refractivity contribution in [1.29, 1.82) is 0 Å². The summed E-state index contributed by atoms with van der Waals surface area (Å²) in [4.78, 5) is 22.8. The van der Waals surface area contributed by atoms with E-state index in [1.807, 2.05) is 26.0 Å². The molecule has 0 atom stereocenters. The zero-order valence-corrected chi connectivity index (χ0v) is 13.4. The van der Waals surface area contributed by atoms with E-state index in [-0.39, 0.29) is 11.7 Å². The van der Waals surface area contributed by atoms with Gasteiger partial charge in [-0.25, -0.2) is 0 Å². The average Bonchev–Trinajstić information content (AvgIpc) is 2.53. The van der Waals surface area contributed by atoms with Crippen LogP contribution in [0.3, 0.4) is 0 Å². The summed E-state index contributed by atoms with van der Waals surface area (Å²) in [5.41, 5.74) is 1.77. The van der Waals surface area contributed by atoms with E-state index in [0.29, 0.717) is 51.4 Å². The van der Waals surface area contributed by atoms with Crippen LogP contribution >= 0.6 is 0 Å². The second kappa shape index (κ2) is 10.9. The van der Waals surface area contributed by atoms with Gasteiger partial charge in [0.2, 0.25) is 0 Å². The molecule has 1 aromatic carbocycles. The van der Waals surface area contributed by atoms with Gasteiger partial charge < -0.3 is 14.8 Å². The highest BCUT2D eigenvalue weighted by Gasteiger charge is 2.03. The van der Waals surface area contributed by atoms with Crippen LogP contribution in [-0.2, 0) is 14.3 Å².